The Morgan fingerprint density at radius 3 is 2.71 bits per heavy atom. The lowest BCUT2D eigenvalue weighted by atomic mass is 10.0. The van der Waals surface area contributed by atoms with Gasteiger partial charge in [0.05, 0.1) is 6.20 Å². The SMILES string of the molecule is CC[C@@H]1C(=O)N(C)c2cnc(-c3ccncc3CNC(C)=O)nc2N1C(C)C. The Labute approximate surface area is 165 Å². The third-order valence-corrected chi connectivity index (χ3v) is 4.92. The number of fused-ring (bicyclic) bond motifs is 1. The Bertz CT molecular complexity index is 898. The molecule has 3 heterocycles. The Hall–Kier alpha value is -3.03. The van der Waals surface area contributed by atoms with Crippen molar-refractivity contribution in [3.63, 3.8) is 0 Å². The molecular weight excluding hydrogens is 356 g/mol. The number of hydrogen-bond acceptors (Lipinski definition) is 6. The summed E-state index contributed by atoms with van der Waals surface area (Å²) in [5, 5.41) is 2.79. The Morgan fingerprint density at radius 2 is 2.07 bits per heavy atom. The number of nitrogens with one attached hydrogen (secondary N) is 1. The van der Waals surface area contributed by atoms with Crippen LogP contribution in [0.3, 0.4) is 0 Å². The maximum atomic E-state index is 12.8. The molecule has 0 saturated heterocycles. The standard InChI is InChI=1S/C20H26N6O2/c1-6-16-20(28)25(5)17-11-23-18(24-19(17)26(16)12(2)3)15-7-8-21-9-14(15)10-22-13(4)27/h7-9,11-12,16H,6,10H2,1-5H3,(H,22,27)/t16-/m1/s1. The van der Waals surface area contributed by atoms with E-state index in [-0.39, 0.29) is 23.9 Å². The zero-order valence-electron chi connectivity index (χ0n) is 16.9. The molecular formula is C20H26N6O2. The first kappa shape index (κ1) is 19.7. The van der Waals surface area contributed by atoms with E-state index in [1.807, 2.05) is 13.0 Å². The first-order valence-electron chi connectivity index (χ1n) is 9.45. The third kappa shape index (κ3) is 3.54. The van der Waals surface area contributed by atoms with Gasteiger partial charge in [-0.1, -0.05) is 6.92 Å². The molecule has 1 aliphatic heterocycles. The van der Waals surface area contributed by atoms with Gasteiger partial charge in [0.25, 0.3) is 0 Å². The molecule has 8 heteroatoms. The van der Waals surface area contributed by atoms with Gasteiger partial charge in [0.1, 0.15) is 11.7 Å². The van der Waals surface area contributed by atoms with Crippen LogP contribution in [0, 0.1) is 0 Å². The van der Waals surface area contributed by atoms with Crippen molar-refractivity contribution < 1.29 is 9.59 Å². The monoisotopic (exact) mass is 382 g/mol. The summed E-state index contributed by atoms with van der Waals surface area (Å²) in [6.45, 7) is 7.95. The van der Waals surface area contributed by atoms with Crippen molar-refractivity contribution in [1.29, 1.82) is 0 Å². The molecule has 2 aromatic rings. The zero-order chi connectivity index (χ0) is 20.4. The Morgan fingerprint density at radius 1 is 1.32 bits per heavy atom. The van der Waals surface area contributed by atoms with Gasteiger partial charge in [-0.25, -0.2) is 9.97 Å². The van der Waals surface area contributed by atoms with Crippen LogP contribution in [0.15, 0.2) is 24.7 Å². The van der Waals surface area contributed by atoms with Crippen molar-refractivity contribution in [2.24, 2.45) is 0 Å². The summed E-state index contributed by atoms with van der Waals surface area (Å²) >= 11 is 0. The van der Waals surface area contributed by atoms with E-state index >= 15 is 0 Å². The lowest BCUT2D eigenvalue weighted by Crippen LogP contribution is -2.54. The second-order valence-electron chi connectivity index (χ2n) is 7.17. The van der Waals surface area contributed by atoms with Crippen LogP contribution in [0.1, 0.15) is 39.7 Å². The molecule has 0 radical (unpaired) electrons. The maximum absolute atomic E-state index is 12.8. The van der Waals surface area contributed by atoms with Gasteiger partial charge in [0.15, 0.2) is 11.6 Å². The fourth-order valence-corrected chi connectivity index (χ4v) is 3.51. The fraction of sp³-hybridized carbons (Fsp3) is 0.450. The van der Waals surface area contributed by atoms with Gasteiger partial charge in [-0.3, -0.25) is 14.6 Å². The summed E-state index contributed by atoms with van der Waals surface area (Å²) in [4.78, 5) is 41.3. The fourth-order valence-electron chi connectivity index (χ4n) is 3.51. The van der Waals surface area contributed by atoms with Gasteiger partial charge >= 0.3 is 0 Å². The Balaban J connectivity index is 2.10. The van der Waals surface area contributed by atoms with Gasteiger partial charge in [-0.15, -0.1) is 0 Å². The first-order chi connectivity index (χ1) is 13.3. The minimum Gasteiger partial charge on any atom is -0.352 e. The van der Waals surface area contributed by atoms with E-state index in [0.29, 0.717) is 24.5 Å². The molecule has 2 aromatic heterocycles. The number of rotatable bonds is 5. The van der Waals surface area contributed by atoms with Crippen LogP contribution in [0.4, 0.5) is 11.5 Å². The second kappa shape index (κ2) is 7.92. The number of hydrogen-bond donors (Lipinski definition) is 1. The number of nitrogens with zero attached hydrogens (tertiary/aromatic N) is 5. The predicted molar refractivity (Wildman–Crippen MR) is 108 cm³/mol. The zero-order valence-corrected chi connectivity index (χ0v) is 16.9. The molecule has 148 valence electrons. The lowest BCUT2D eigenvalue weighted by Gasteiger charge is -2.42. The number of carbonyl (C=O) groups excluding carboxylic acids is 2. The molecule has 1 aliphatic rings. The summed E-state index contributed by atoms with van der Waals surface area (Å²) in [6, 6.07) is 1.70. The van der Waals surface area contributed by atoms with E-state index in [1.54, 1.807) is 30.5 Å². The average molecular weight is 382 g/mol. The van der Waals surface area contributed by atoms with Crippen molar-refractivity contribution in [1.82, 2.24) is 20.3 Å². The normalized spacial score (nSPS) is 16.4. The third-order valence-electron chi connectivity index (χ3n) is 4.92. The summed E-state index contributed by atoms with van der Waals surface area (Å²) < 4.78 is 0. The highest BCUT2D eigenvalue weighted by Gasteiger charge is 2.38. The van der Waals surface area contributed by atoms with Crippen LogP contribution >= 0.6 is 0 Å². The number of likely N-dealkylation sites (N-methyl/N-ethyl adjacent to an activating group) is 1. The van der Waals surface area contributed by atoms with Gasteiger partial charge in [-0.2, -0.15) is 0 Å². The summed E-state index contributed by atoms with van der Waals surface area (Å²) in [7, 11) is 1.76. The minimum atomic E-state index is -0.253. The average Bonchev–Trinajstić information content (AvgIpc) is 2.68. The predicted octanol–water partition coefficient (Wildman–Crippen LogP) is 2.14. The van der Waals surface area contributed by atoms with E-state index < -0.39 is 0 Å². The highest BCUT2D eigenvalue weighted by Crippen LogP contribution is 2.37. The summed E-state index contributed by atoms with van der Waals surface area (Å²) in [5.41, 5.74) is 2.34. The number of aromatic nitrogens is 3. The molecule has 0 unspecified atom stereocenters. The molecule has 0 aliphatic carbocycles. The number of pyridine rings is 1. The summed E-state index contributed by atoms with van der Waals surface area (Å²) in [5.74, 6) is 1.23. The molecule has 0 aromatic carbocycles. The lowest BCUT2D eigenvalue weighted by molar-refractivity contribution is -0.120. The highest BCUT2D eigenvalue weighted by atomic mass is 16.2. The maximum Gasteiger partial charge on any atom is 0.249 e. The molecule has 0 bridgehead atoms. The molecule has 0 spiro atoms. The molecule has 0 saturated carbocycles. The van der Waals surface area contributed by atoms with Crippen LogP contribution in [-0.2, 0) is 16.1 Å². The van der Waals surface area contributed by atoms with E-state index in [2.05, 4.69) is 34.0 Å². The topological polar surface area (TPSA) is 91.3 Å². The van der Waals surface area contributed by atoms with E-state index in [9.17, 15) is 9.59 Å². The van der Waals surface area contributed by atoms with E-state index in [0.717, 1.165) is 16.9 Å². The molecule has 1 N–H and O–H groups in total. The smallest absolute Gasteiger partial charge is 0.249 e. The van der Waals surface area contributed by atoms with Gasteiger partial charge in [-0.05, 0) is 26.3 Å². The molecule has 1 atom stereocenters. The highest BCUT2D eigenvalue weighted by molar-refractivity contribution is 6.04. The summed E-state index contributed by atoms with van der Waals surface area (Å²) in [6.07, 6.45) is 5.78. The van der Waals surface area contributed by atoms with Crippen LogP contribution in [0.5, 0.6) is 0 Å². The van der Waals surface area contributed by atoms with E-state index in [4.69, 9.17) is 4.98 Å². The Kier molecular flexibility index (Phi) is 5.58. The van der Waals surface area contributed by atoms with Crippen molar-refractivity contribution in [2.75, 3.05) is 16.8 Å². The molecule has 8 nitrogen and oxygen atoms in total. The van der Waals surface area contributed by atoms with Crippen LogP contribution in [0.25, 0.3) is 11.4 Å². The van der Waals surface area contributed by atoms with Crippen LogP contribution in [-0.4, -0.2) is 45.9 Å². The quantitative estimate of drug-likeness (QED) is 0.852. The van der Waals surface area contributed by atoms with Crippen molar-refractivity contribution >= 4 is 23.3 Å². The van der Waals surface area contributed by atoms with Crippen molar-refractivity contribution in [2.45, 2.75) is 52.7 Å². The molecule has 0 fully saturated rings. The van der Waals surface area contributed by atoms with Gasteiger partial charge in [0.2, 0.25) is 11.8 Å². The number of carbonyl (C=O) groups is 2. The largest absolute Gasteiger partial charge is 0.352 e. The second-order valence-corrected chi connectivity index (χ2v) is 7.17. The van der Waals surface area contributed by atoms with Crippen LogP contribution in [0.2, 0.25) is 0 Å². The molecule has 3 rings (SSSR count). The number of anilines is 2. The minimum absolute atomic E-state index is 0.0512. The van der Waals surface area contributed by atoms with Crippen LogP contribution < -0.4 is 15.1 Å². The van der Waals surface area contributed by atoms with Gasteiger partial charge < -0.3 is 15.1 Å². The van der Waals surface area contributed by atoms with Crippen molar-refractivity contribution in [3.8, 4) is 11.4 Å². The molecule has 28 heavy (non-hydrogen) atoms. The van der Waals surface area contributed by atoms with Crippen molar-refractivity contribution in [3.05, 3.63) is 30.2 Å². The number of amides is 2. The molecule has 2 amide bonds. The van der Waals surface area contributed by atoms with E-state index in [1.165, 1.54) is 6.92 Å². The first-order valence-corrected chi connectivity index (χ1v) is 9.45. The van der Waals surface area contributed by atoms with Gasteiger partial charge in [0, 0.05) is 50.1 Å².